The van der Waals surface area contributed by atoms with Crippen molar-refractivity contribution in [1.82, 2.24) is 14.8 Å². The molecular formula is C22H23N3O3. The number of carbonyl (C=O) groups excluding carboxylic acids is 1. The molecule has 0 spiro atoms. The van der Waals surface area contributed by atoms with E-state index in [9.17, 15) is 9.59 Å². The van der Waals surface area contributed by atoms with Crippen LogP contribution < -0.4 is 5.43 Å². The number of nitrogens with zero attached hydrogens (tertiary/aromatic N) is 3. The van der Waals surface area contributed by atoms with Crippen LogP contribution >= 0.6 is 0 Å². The molecule has 0 fully saturated rings. The first-order valence-electron chi connectivity index (χ1n) is 9.33. The van der Waals surface area contributed by atoms with Gasteiger partial charge in [0.05, 0.1) is 16.6 Å². The molecule has 1 aliphatic rings. The zero-order chi connectivity index (χ0) is 20.0. The molecule has 144 valence electrons. The van der Waals surface area contributed by atoms with Crippen LogP contribution in [0.25, 0.3) is 11.0 Å². The van der Waals surface area contributed by atoms with Crippen LogP contribution in [0.3, 0.4) is 0 Å². The number of benzene rings is 1. The Morgan fingerprint density at radius 2 is 1.89 bits per heavy atom. The standard InChI is InChI=1S/C22H23N3O3/c1-13-11-15-17(12-14(13)2)28-21-18(20(15)26)19(16-7-5-6-8-23-16)25(22(21)27)10-9-24(3)4/h5-8,11-12,19H,9-10H2,1-4H3. The number of hydrogen-bond acceptors (Lipinski definition) is 5. The summed E-state index contributed by atoms with van der Waals surface area (Å²) in [4.78, 5) is 34.7. The van der Waals surface area contributed by atoms with Gasteiger partial charge in [0.25, 0.3) is 5.91 Å². The van der Waals surface area contributed by atoms with Crippen molar-refractivity contribution >= 4 is 16.9 Å². The number of aryl methyl sites for hydroxylation is 2. The number of rotatable bonds is 4. The van der Waals surface area contributed by atoms with Gasteiger partial charge >= 0.3 is 0 Å². The first-order valence-corrected chi connectivity index (χ1v) is 9.33. The van der Waals surface area contributed by atoms with Gasteiger partial charge in [-0.3, -0.25) is 14.6 Å². The molecule has 1 aromatic carbocycles. The largest absolute Gasteiger partial charge is 0.450 e. The summed E-state index contributed by atoms with van der Waals surface area (Å²) < 4.78 is 5.99. The fraction of sp³-hybridized carbons (Fsp3) is 0.318. The molecule has 1 atom stereocenters. The summed E-state index contributed by atoms with van der Waals surface area (Å²) in [5.74, 6) is -0.125. The number of amides is 1. The van der Waals surface area contributed by atoms with Gasteiger partial charge in [0.1, 0.15) is 11.6 Å². The molecule has 0 aliphatic carbocycles. The number of hydrogen-bond donors (Lipinski definition) is 0. The highest BCUT2D eigenvalue weighted by atomic mass is 16.3. The predicted octanol–water partition coefficient (Wildman–Crippen LogP) is 2.91. The Hall–Kier alpha value is -2.99. The van der Waals surface area contributed by atoms with Crippen LogP contribution in [-0.2, 0) is 0 Å². The van der Waals surface area contributed by atoms with Gasteiger partial charge in [-0.1, -0.05) is 6.07 Å². The molecule has 0 radical (unpaired) electrons. The van der Waals surface area contributed by atoms with Crippen molar-refractivity contribution in [1.29, 1.82) is 0 Å². The van der Waals surface area contributed by atoms with Gasteiger partial charge in [-0.2, -0.15) is 0 Å². The molecule has 1 aliphatic heterocycles. The molecule has 1 unspecified atom stereocenters. The van der Waals surface area contributed by atoms with Crippen LogP contribution in [0.1, 0.15) is 39.0 Å². The van der Waals surface area contributed by atoms with E-state index in [1.165, 1.54) is 0 Å². The van der Waals surface area contributed by atoms with Crippen LogP contribution in [0.4, 0.5) is 0 Å². The average Bonchev–Trinajstić information content (AvgIpc) is 2.95. The van der Waals surface area contributed by atoms with Crippen LogP contribution in [0.15, 0.2) is 45.7 Å². The minimum Gasteiger partial charge on any atom is -0.450 e. The molecule has 0 N–H and O–H groups in total. The second-order valence-electron chi connectivity index (χ2n) is 7.57. The Kier molecular flexibility index (Phi) is 4.51. The predicted molar refractivity (Wildman–Crippen MR) is 108 cm³/mol. The maximum absolute atomic E-state index is 13.4. The minimum absolute atomic E-state index is 0.134. The lowest BCUT2D eigenvalue weighted by atomic mass is 10.0. The maximum atomic E-state index is 13.4. The number of fused-ring (bicyclic) bond motifs is 2. The molecular weight excluding hydrogens is 354 g/mol. The van der Waals surface area contributed by atoms with Gasteiger partial charge < -0.3 is 14.2 Å². The number of pyridine rings is 1. The molecule has 3 aromatic rings. The quantitative estimate of drug-likeness (QED) is 0.699. The highest BCUT2D eigenvalue weighted by Gasteiger charge is 2.43. The molecule has 6 nitrogen and oxygen atoms in total. The van der Waals surface area contributed by atoms with E-state index in [2.05, 4.69) is 4.98 Å². The van der Waals surface area contributed by atoms with Crippen molar-refractivity contribution in [3.05, 3.63) is 74.9 Å². The van der Waals surface area contributed by atoms with Crippen LogP contribution in [0.5, 0.6) is 0 Å². The third-order valence-corrected chi connectivity index (χ3v) is 5.34. The second-order valence-corrected chi connectivity index (χ2v) is 7.57. The molecule has 0 bridgehead atoms. The van der Waals surface area contributed by atoms with E-state index < -0.39 is 6.04 Å². The smallest absolute Gasteiger partial charge is 0.291 e. The van der Waals surface area contributed by atoms with Crippen molar-refractivity contribution in [2.45, 2.75) is 19.9 Å². The van der Waals surface area contributed by atoms with Gasteiger partial charge in [0, 0.05) is 19.3 Å². The second kappa shape index (κ2) is 6.87. The zero-order valence-electron chi connectivity index (χ0n) is 16.5. The summed E-state index contributed by atoms with van der Waals surface area (Å²) in [5, 5.41) is 0.505. The lowest BCUT2D eigenvalue weighted by Crippen LogP contribution is -2.35. The monoisotopic (exact) mass is 377 g/mol. The first-order chi connectivity index (χ1) is 13.4. The van der Waals surface area contributed by atoms with Gasteiger partial charge in [0.2, 0.25) is 5.76 Å². The Morgan fingerprint density at radius 1 is 1.14 bits per heavy atom. The van der Waals surface area contributed by atoms with E-state index in [0.717, 1.165) is 11.1 Å². The van der Waals surface area contributed by atoms with E-state index in [1.807, 2.05) is 63.2 Å². The molecule has 4 rings (SSSR count). The average molecular weight is 377 g/mol. The lowest BCUT2D eigenvalue weighted by Gasteiger charge is -2.25. The molecule has 1 amide bonds. The van der Waals surface area contributed by atoms with Crippen molar-refractivity contribution in [2.75, 3.05) is 27.2 Å². The fourth-order valence-electron chi connectivity index (χ4n) is 3.66. The van der Waals surface area contributed by atoms with Crippen LogP contribution in [0, 0.1) is 13.8 Å². The van der Waals surface area contributed by atoms with Gasteiger partial charge in [-0.15, -0.1) is 0 Å². The van der Waals surface area contributed by atoms with Gasteiger partial charge in [-0.05, 0) is 63.3 Å². The van der Waals surface area contributed by atoms with Crippen LogP contribution in [0.2, 0.25) is 0 Å². The molecule has 0 saturated carbocycles. The molecule has 3 heterocycles. The SMILES string of the molecule is Cc1cc2oc3c(c(=O)c2cc1C)C(c1ccccn1)N(CCN(C)C)C3=O. The van der Waals surface area contributed by atoms with Gasteiger partial charge in [0.15, 0.2) is 5.43 Å². The number of likely N-dealkylation sites (N-methyl/N-ethyl adjacent to an activating group) is 1. The summed E-state index contributed by atoms with van der Waals surface area (Å²) in [6.07, 6.45) is 1.68. The number of carbonyl (C=O) groups is 1. The van der Waals surface area contributed by atoms with E-state index in [-0.39, 0.29) is 17.1 Å². The van der Waals surface area contributed by atoms with E-state index in [1.54, 1.807) is 11.1 Å². The zero-order valence-corrected chi connectivity index (χ0v) is 16.5. The van der Waals surface area contributed by atoms with E-state index >= 15 is 0 Å². The fourth-order valence-corrected chi connectivity index (χ4v) is 3.66. The Bertz CT molecular complexity index is 1120. The topological polar surface area (TPSA) is 66.7 Å². The molecule has 6 heteroatoms. The molecule has 0 saturated heterocycles. The summed E-state index contributed by atoms with van der Waals surface area (Å²) in [7, 11) is 3.90. The highest BCUT2D eigenvalue weighted by molar-refractivity contribution is 5.99. The molecule has 2 aromatic heterocycles. The van der Waals surface area contributed by atoms with Crippen molar-refractivity contribution < 1.29 is 9.21 Å². The minimum atomic E-state index is -0.536. The van der Waals surface area contributed by atoms with E-state index in [4.69, 9.17) is 4.42 Å². The van der Waals surface area contributed by atoms with Crippen molar-refractivity contribution in [2.24, 2.45) is 0 Å². The summed E-state index contributed by atoms with van der Waals surface area (Å²) in [5.41, 5.74) is 3.39. The Morgan fingerprint density at radius 3 is 2.57 bits per heavy atom. The Balaban J connectivity index is 1.96. The molecule has 28 heavy (non-hydrogen) atoms. The third kappa shape index (κ3) is 2.90. The van der Waals surface area contributed by atoms with Crippen LogP contribution in [-0.4, -0.2) is 47.9 Å². The summed E-state index contributed by atoms with van der Waals surface area (Å²) in [6, 6.07) is 8.67. The van der Waals surface area contributed by atoms with Crippen molar-refractivity contribution in [3.63, 3.8) is 0 Å². The van der Waals surface area contributed by atoms with E-state index in [0.29, 0.717) is 35.3 Å². The van der Waals surface area contributed by atoms with Gasteiger partial charge in [-0.25, -0.2) is 0 Å². The van der Waals surface area contributed by atoms with Crippen molar-refractivity contribution in [3.8, 4) is 0 Å². The normalized spacial score (nSPS) is 16.2. The highest BCUT2D eigenvalue weighted by Crippen LogP contribution is 2.37. The summed E-state index contributed by atoms with van der Waals surface area (Å²) >= 11 is 0. The summed E-state index contributed by atoms with van der Waals surface area (Å²) in [6.45, 7) is 5.08. The maximum Gasteiger partial charge on any atom is 0.291 e. The lowest BCUT2D eigenvalue weighted by molar-refractivity contribution is 0.0714. The first kappa shape index (κ1) is 18.4. The Labute approximate surface area is 163 Å². The number of aromatic nitrogens is 1. The third-order valence-electron chi connectivity index (χ3n) is 5.34.